The number of halogens is 2. The molecule has 0 aliphatic rings. The van der Waals surface area contributed by atoms with Gasteiger partial charge < -0.3 is 10.5 Å². The second kappa shape index (κ2) is 11.2. The predicted molar refractivity (Wildman–Crippen MR) is 118 cm³/mol. The molecular formula is C20H21Cl2N5O2. The summed E-state index contributed by atoms with van der Waals surface area (Å²) in [6, 6.07) is 13.9. The van der Waals surface area contributed by atoms with Gasteiger partial charge in [-0.15, -0.1) is 10.1 Å². The number of hydrazone groups is 1. The molecule has 0 fully saturated rings. The first-order valence-corrected chi connectivity index (χ1v) is 9.49. The maximum absolute atomic E-state index is 12.4. The van der Waals surface area contributed by atoms with E-state index in [2.05, 4.69) is 15.3 Å². The lowest BCUT2D eigenvalue weighted by atomic mass is 10.2. The van der Waals surface area contributed by atoms with Crippen LogP contribution in [-0.2, 0) is 4.74 Å². The van der Waals surface area contributed by atoms with E-state index in [-0.39, 0.29) is 18.5 Å². The standard InChI is InChI=1S/C20H21Cl2N5O2/c1-14(2)13-29-20(28)27(25-12-16-5-9-18(22)10-6-16)19(23)26-24-11-15-3-7-17(21)8-4-15/h3-12,14H,13H2,1-2H3,(H2,23,26). The topological polar surface area (TPSA) is 92.6 Å². The van der Waals surface area contributed by atoms with Crippen LogP contribution in [0.15, 0.2) is 63.8 Å². The molecule has 1 amide bonds. The van der Waals surface area contributed by atoms with Gasteiger partial charge in [-0.2, -0.15) is 10.2 Å². The number of ether oxygens (including phenoxy) is 1. The molecule has 0 radical (unpaired) electrons. The number of nitrogens with zero attached hydrogens (tertiary/aromatic N) is 4. The molecule has 0 saturated carbocycles. The Morgan fingerprint density at radius 3 is 2.07 bits per heavy atom. The number of carbonyl (C=O) groups excluding carboxylic acids is 1. The van der Waals surface area contributed by atoms with Gasteiger partial charge in [0.2, 0.25) is 5.96 Å². The van der Waals surface area contributed by atoms with Crippen LogP contribution < -0.4 is 5.73 Å². The zero-order chi connectivity index (χ0) is 21.2. The molecule has 0 aromatic heterocycles. The van der Waals surface area contributed by atoms with Gasteiger partial charge in [-0.05, 0) is 41.3 Å². The molecule has 29 heavy (non-hydrogen) atoms. The summed E-state index contributed by atoms with van der Waals surface area (Å²) in [6.45, 7) is 4.05. The molecule has 0 spiro atoms. The average Bonchev–Trinajstić information content (AvgIpc) is 2.69. The molecule has 2 aromatic carbocycles. The molecule has 0 heterocycles. The van der Waals surface area contributed by atoms with Crippen molar-refractivity contribution in [3.63, 3.8) is 0 Å². The Hall–Kier alpha value is -2.90. The minimum atomic E-state index is -0.758. The zero-order valence-corrected chi connectivity index (χ0v) is 17.5. The SMILES string of the molecule is CC(C)COC(=O)N(N=Cc1ccc(Cl)cc1)C(N)=NN=Cc1ccc(Cl)cc1. The van der Waals surface area contributed by atoms with E-state index in [1.165, 1.54) is 12.4 Å². The third kappa shape index (κ3) is 7.93. The minimum absolute atomic E-state index is 0.155. The van der Waals surface area contributed by atoms with E-state index >= 15 is 0 Å². The molecule has 0 saturated heterocycles. The molecule has 2 aromatic rings. The van der Waals surface area contributed by atoms with E-state index < -0.39 is 6.09 Å². The molecule has 0 bridgehead atoms. The second-order valence-electron chi connectivity index (χ2n) is 6.33. The van der Waals surface area contributed by atoms with Crippen molar-refractivity contribution in [2.75, 3.05) is 6.61 Å². The van der Waals surface area contributed by atoms with E-state index in [1.54, 1.807) is 48.5 Å². The summed E-state index contributed by atoms with van der Waals surface area (Å²) >= 11 is 11.7. The fourth-order valence-corrected chi connectivity index (χ4v) is 2.17. The van der Waals surface area contributed by atoms with Gasteiger partial charge in [0.25, 0.3) is 0 Å². The van der Waals surface area contributed by atoms with Crippen molar-refractivity contribution in [2.45, 2.75) is 13.8 Å². The van der Waals surface area contributed by atoms with Crippen molar-refractivity contribution < 1.29 is 9.53 Å². The van der Waals surface area contributed by atoms with Gasteiger partial charge in [0.15, 0.2) is 0 Å². The summed E-state index contributed by atoms with van der Waals surface area (Å²) in [6.07, 6.45) is 2.16. The van der Waals surface area contributed by atoms with Crippen LogP contribution in [0.4, 0.5) is 4.79 Å². The summed E-state index contributed by atoms with van der Waals surface area (Å²) in [5.41, 5.74) is 7.39. The lowest BCUT2D eigenvalue weighted by Gasteiger charge is -2.15. The van der Waals surface area contributed by atoms with Crippen molar-refractivity contribution in [3.8, 4) is 0 Å². The summed E-state index contributed by atoms with van der Waals surface area (Å²) in [5, 5.41) is 13.9. The molecule has 0 aliphatic carbocycles. The van der Waals surface area contributed by atoms with Gasteiger partial charge in [0.1, 0.15) is 0 Å². The molecule has 7 nitrogen and oxygen atoms in total. The quantitative estimate of drug-likeness (QED) is 0.403. The van der Waals surface area contributed by atoms with Crippen LogP contribution in [0.5, 0.6) is 0 Å². The van der Waals surface area contributed by atoms with E-state index in [1.807, 2.05) is 13.8 Å². The number of carbonyl (C=O) groups is 1. The molecule has 0 atom stereocenters. The maximum Gasteiger partial charge on any atom is 0.437 e. The van der Waals surface area contributed by atoms with Crippen LogP contribution in [0, 0.1) is 5.92 Å². The first-order valence-electron chi connectivity index (χ1n) is 8.73. The minimum Gasteiger partial charge on any atom is -0.448 e. The normalized spacial score (nSPS) is 12.1. The Balaban J connectivity index is 2.18. The lowest BCUT2D eigenvalue weighted by Crippen LogP contribution is -2.39. The van der Waals surface area contributed by atoms with E-state index in [0.29, 0.717) is 15.6 Å². The largest absolute Gasteiger partial charge is 0.448 e. The Labute approximate surface area is 179 Å². The van der Waals surface area contributed by atoms with E-state index in [9.17, 15) is 4.79 Å². The van der Waals surface area contributed by atoms with Crippen LogP contribution in [0.1, 0.15) is 25.0 Å². The van der Waals surface area contributed by atoms with Crippen molar-refractivity contribution in [1.82, 2.24) is 5.01 Å². The van der Waals surface area contributed by atoms with Gasteiger partial charge in [0.05, 0.1) is 19.0 Å². The molecule has 2 rings (SSSR count). The molecular weight excluding hydrogens is 413 g/mol. The van der Waals surface area contributed by atoms with Crippen LogP contribution in [0.2, 0.25) is 10.0 Å². The number of amides is 1. The first-order chi connectivity index (χ1) is 13.8. The third-order valence-electron chi connectivity index (χ3n) is 3.36. The molecule has 152 valence electrons. The third-order valence-corrected chi connectivity index (χ3v) is 3.86. The highest BCUT2D eigenvalue weighted by Gasteiger charge is 2.19. The summed E-state index contributed by atoms with van der Waals surface area (Å²) in [5.74, 6) is -0.0867. The van der Waals surface area contributed by atoms with E-state index in [4.69, 9.17) is 33.7 Å². The smallest absolute Gasteiger partial charge is 0.437 e. The average molecular weight is 434 g/mol. The number of guanidine groups is 1. The summed E-state index contributed by atoms with van der Waals surface area (Å²) < 4.78 is 5.20. The highest BCUT2D eigenvalue weighted by Crippen LogP contribution is 2.09. The Morgan fingerprint density at radius 1 is 1.03 bits per heavy atom. The van der Waals surface area contributed by atoms with Crippen LogP contribution in [0.3, 0.4) is 0 Å². The van der Waals surface area contributed by atoms with Crippen LogP contribution >= 0.6 is 23.2 Å². The first kappa shape index (κ1) is 22.4. The van der Waals surface area contributed by atoms with E-state index in [0.717, 1.165) is 10.6 Å². The van der Waals surface area contributed by atoms with Gasteiger partial charge in [-0.3, -0.25) is 0 Å². The Kier molecular flexibility index (Phi) is 8.64. The number of hydrogen-bond donors (Lipinski definition) is 1. The zero-order valence-electron chi connectivity index (χ0n) is 16.0. The van der Waals surface area contributed by atoms with Gasteiger partial charge >= 0.3 is 6.09 Å². The summed E-state index contributed by atoms with van der Waals surface area (Å²) in [4.78, 5) is 12.4. The number of rotatable bonds is 6. The lowest BCUT2D eigenvalue weighted by molar-refractivity contribution is 0.111. The van der Waals surface area contributed by atoms with Crippen molar-refractivity contribution >= 4 is 47.7 Å². The highest BCUT2D eigenvalue weighted by atomic mass is 35.5. The molecule has 9 heteroatoms. The van der Waals surface area contributed by atoms with Crippen molar-refractivity contribution in [1.29, 1.82) is 0 Å². The Bertz CT molecular complexity index is 894. The molecule has 0 unspecified atom stereocenters. The van der Waals surface area contributed by atoms with Gasteiger partial charge in [-0.1, -0.05) is 61.3 Å². The summed E-state index contributed by atoms with van der Waals surface area (Å²) in [7, 11) is 0. The van der Waals surface area contributed by atoms with Crippen LogP contribution in [0.25, 0.3) is 0 Å². The molecule has 0 aliphatic heterocycles. The predicted octanol–water partition coefficient (Wildman–Crippen LogP) is 4.77. The van der Waals surface area contributed by atoms with Crippen molar-refractivity contribution in [3.05, 3.63) is 69.7 Å². The van der Waals surface area contributed by atoms with Gasteiger partial charge in [-0.25, -0.2) is 4.79 Å². The fourth-order valence-electron chi connectivity index (χ4n) is 1.92. The fraction of sp³-hybridized carbons (Fsp3) is 0.200. The highest BCUT2D eigenvalue weighted by molar-refractivity contribution is 6.30. The number of benzene rings is 2. The monoisotopic (exact) mass is 433 g/mol. The second-order valence-corrected chi connectivity index (χ2v) is 7.21. The number of nitrogens with two attached hydrogens (primary N) is 1. The maximum atomic E-state index is 12.4. The van der Waals surface area contributed by atoms with Crippen LogP contribution in [-0.4, -0.2) is 36.1 Å². The molecule has 2 N–H and O–H groups in total. The Morgan fingerprint density at radius 2 is 1.55 bits per heavy atom. The van der Waals surface area contributed by atoms with Gasteiger partial charge in [0, 0.05) is 10.0 Å². The van der Waals surface area contributed by atoms with Crippen molar-refractivity contribution in [2.24, 2.45) is 27.0 Å². The number of hydrogen-bond acceptors (Lipinski definition) is 5.